The first kappa shape index (κ1) is 20.7. The van der Waals surface area contributed by atoms with Crippen LogP contribution in [-0.4, -0.2) is 38.1 Å². The lowest BCUT2D eigenvalue weighted by atomic mass is 10.1. The smallest absolute Gasteiger partial charge is 0.267 e. The van der Waals surface area contributed by atoms with E-state index in [1.165, 1.54) is 15.0 Å². The Morgan fingerprint density at radius 2 is 2.07 bits per heavy atom. The summed E-state index contributed by atoms with van der Waals surface area (Å²) in [5.41, 5.74) is 1.34. The Morgan fingerprint density at radius 1 is 1.28 bits per heavy atom. The molecule has 8 nitrogen and oxygen atoms in total. The maximum atomic E-state index is 13.1. The van der Waals surface area contributed by atoms with Crippen LogP contribution >= 0.6 is 0 Å². The van der Waals surface area contributed by atoms with Crippen molar-refractivity contribution in [2.75, 3.05) is 13.2 Å². The van der Waals surface area contributed by atoms with E-state index in [1.54, 1.807) is 12.3 Å². The van der Waals surface area contributed by atoms with Gasteiger partial charge in [-0.05, 0) is 31.0 Å². The third kappa shape index (κ3) is 4.07. The first-order chi connectivity index (χ1) is 14.0. The number of nitrogens with zero attached hydrogens (tertiary/aromatic N) is 3. The van der Waals surface area contributed by atoms with Crippen molar-refractivity contribution in [1.82, 2.24) is 19.3 Å². The van der Waals surface area contributed by atoms with Crippen molar-refractivity contribution in [1.29, 1.82) is 5.41 Å². The van der Waals surface area contributed by atoms with Crippen LogP contribution in [0.2, 0.25) is 0 Å². The molecule has 154 valence electrons. The standard InChI is InChI=1S/C21H27N5O3/c1-3-4-5-6-9-23-20(28)15-13-16-19(25(11-12-27)17(15)22)24-18-14(2)8-7-10-26(18)21(16)29/h7-8,10,13,22,27H,3-6,9,11-12H2,1-2H3,(H,23,28). The van der Waals surface area contributed by atoms with E-state index in [9.17, 15) is 14.7 Å². The van der Waals surface area contributed by atoms with Gasteiger partial charge in [0.05, 0.1) is 17.6 Å². The highest BCUT2D eigenvalue weighted by atomic mass is 16.3. The van der Waals surface area contributed by atoms with Crippen LogP contribution in [0.5, 0.6) is 0 Å². The third-order valence-corrected chi connectivity index (χ3v) is 5.02. The van der Waals surface area contributed by atoms with E-state index < -0.39 is 5.91 Å². The molecule has 3 aromatic rings. The van der Waals surface area contributed by atoms with Gasteiger partial charge in [0, 0.05) is 19.3 Å². The molecule has 0 aromatic carbocycles. The summed E-state index contributed by atoms with van der Waals surface area (Å²) in [5.74, 6) is -0.395. The lowest BCUT2D eigenvalue weighted by molar-refractivity contribution is 0.0950. The van der Waals surface area contributed by atoms with Gasteiger partial charge >= 0.3 is 0 Å². The lowest BCUT2D eigenvalue weighted by Gasteiger charge is -2.14. The summed E-state index contributed by atoms with van der Waals surface area (Å²) in [7, 11) is 0. The molecule has 0 aliphatic heterocycles. The molecule has 0 spiro atoms. The Balaban J connectivity index is 2.12. The fourth-order valence-corrected chi connectivity index (χ4v) is 3.44. The number of carbonyl (C=O) groups excluding carboxylic acids is 1. The highest BCUT2D eigenvalue weighted by Gasteiger charge is 2.17. The molecule has 0 fully saturated rings. The summed E-state index contributed by atoms with van der Waals surface area (Å²) in [6.45, 7) is 4.33. The van der Waals surface area contributed by atoms with Crippen molar-refractivity contribution in [2.24, 2.45) is 0 Å². The molecule has 3 heterocycles. The molecule has 3 N–H and O–H groups in total. The van der Waals surface area contributed by atoms with Crippen molar-refractivity contribution >= 4 is 22.6 Å². The third-order valence-electron chi connectivity index (χ3n) is 5.02. The summed E-state index contributed by atoms with van der Waals surface area (Å²) >= 11 is 0. The van der Waals surface area contributed by atoms with Gasteiger partial charge in [0.2, 0.25) is 0 Å². The summed E-state index contributed by atoms with van der Waals surface area (Å²) < 4.78 is 2.87. The van der Waals surface area contributed by atoms with Gasteiger partial charge in [-0.1, -0.05) is 32.3 Å². The molecule has 0 aliphatic carbocycles. The number of aliphatic hydroxyl groups excluding tert-OH is 1. The van der Waals surface area contributed by atoms with Gasteiger partial charge in [-0.15, -0.1) is 0 Å². The van der Waals surface area contributed by atoms with E-state index in [-0.39, 0.29) is 35.1 Å². The van der Waals surface area contributed by atoms with Gasteiger partial charge < -0.3 is 15.0 Å². The van der Waals surface area contributed by atoms with Crippen LogP contribution in [-0.2, 0) is 6.54 Å². The van der Waals surface area contributed by atoms with E-state index in [1.807, 2.05) is 13.0 Å². The summed E-state index contributed by atoms with van der Waals surface area (Å²) in [4.78, 5) is 30.3. The molecule has 0 bridgehead atoms. The number of amides is 1. The topological polar surface area (TPSA) is 112 Å². The van der Waals surface area contributed by atoms with Gasteiger partial charge in [0.15, 0.2) is 0 Å². The SMILES string of the molecule is CCCCCCNC(=O)c1cc2c(=O)n3cccc(C)c3nc2n(CCO)c1=N. The second-order valence-corrected chi connectivity index (χ2v) is 7.14. The van der Waals surface area contributed by atoms with Crippen molar-refractivity contribution in [3.8, 4) is 0 Å². The first-order valence-electron chi connectivity index (χ1n) is 9.98. The molecule has 0 unspecified atom stereocenters. The summed E-state index contributed by atoms with van der Waals surface area (Å²) in [6.07, 6.45) is 5.76. The average Bonchev–Trinajstić information content (AvgIpc) is 2.71. The van der Waals surface area contributed by atoms with E-state index >= 15 is 0 Å². The molecule has 0 atom stereocenters. The van der Waals surface area contributed by atoms with Gasteiger partial charge in [0.1, 0.15) is 16.8 Å². The van der Waals surface area contributed by atoms with Crippen LogP contribution in [0.3, 0.4) is 0 Å². The Kier molecular flexibility index (Phi) is 6.43. The zero-order valence-electron chi connectivity index (χ0n) is 16.9. The quantitative estimate of drug-likeness (QED) is 0.397. The number of fused-ring (bicyclic) bond motifs is 2. The van der Waals surface area contributed by atoms with Crippen LogP contribution in [0.4, 0.5) is 0 Å². The number of hydrogen-bond acceptors (Lipinski definition) is 5. The van der Waals surface area contributed by atoms with Crippen molar-refractivity contribution in [3.63, 3.8) is 0 Å². The molecule has 0 radical (unpaired) electrons. The zero-order chi connectivity index (χ0) is 21.0. The Labute approximate surface area is 168 Å². The number of unbranched alkanes of at least 4 members (excludes halogenated alkanes) is 3. The fraction of sp³-hybridized carbons (Fsp3) is 0.429. The molecule has 0 saturated heterocycles. The Bertz CT molecular complexity index is 1160. The van der Waals surface area contributed by atoms with Crippen LogP contribution in [0, 0.1) is 12.3 Å². The van der Waals surface area contributed by atoms with E-state index in [0.717, 1.165) is 31.2 Å². The van der Waals surface area contributed by atoms with Crippen LogP contribution in [0.15, 0.2) is 29.2 Å². The number of rotatable bonds is 8. The van der Waals surface area contributed by atoms with Gasteiger partial charge in [0.25, 0.3) is 11.5 Å². The largest absolute Gasteiger partial charge is 0.395 e. The van der Waals surface area contributed by atoms with E-state index in [2.05, 4.69) is 17.2 Å². The van der Waals surface area contributed by atoms with Crippen molar-refractivity contribution in [2.45, 2.75) is 46.1 Å². The summed E-state index contributed by atoms with van der Waals surface area (Å²) in [5, 5.41) is 21.0. The predicted octanol–water partition coefficient (Wildman–Crippen LogP) is 1.74. The van der Waals surface area contributed by atoms with Crippen LogP contribution < -0.4 is 16.4 Å². The molecule has 3 aromatic heterocycles. The second kappa shape index (κ2) is 9.00. The zero-order valence-corrected chi connectivity index (χ0v) is 16.9. The normalized spacial score (nSPS) is 11.3. The highest BCUT2D eigenvalue weighted by Crippen LogP contribution is 2.12. The predicted molar refractivity (Wildman–Crippen MR) is 111 cm³/mol. The van der Waals surface area contributed by atoms with E-state index in [0.29, 0.717) is 17.8 Å². The maximum absolute atomic E-state index is 13.1. The van der Waals surface area contributed by atoms with Gasteiger partial charge in [-0.2, -0.15) is 0 Å². The molecule has 8 heteroatoms. The molecular formula is C21H27N5O3. The molecule has 3 rings (SSSR count). The number of nitrogens with one attached hydrogen (secondary N) is 2. The van der Waals surface area contributed by atoms with Crippen molar-refractivity contribution in [3.05, 3.63) is 51.4 Å². The number of carbonyl (C=O) groups is 1. The number of aromatic nitrogens is 3. The number of hydrogen-bond donors (Lipinski definition) is 3. The lowest BCUT2D eigenvalue weighted by Crippen LogP contribution is -2.35. The highest BCUT2D eigenvalue weighted by molar-refractivity contribution is 5.96. The fourth-order valence-electron chi connectivity index (χ4n) is 3.44. The van der Waals surface area contributed by atoms with Gasteiger partial charge in [-0.3, -0.25) is 19.4 Å². The Hall–Kier alpha value is -3.00. The maximum Gasteiger partial charge on any atom is 0.267 e. The molecule has 0 aliphatic rings. The minimum absolute atomic E-state index is 0.0672. The van der Waals surface area contributed by atoms with E-state index in [4.69, 9.17) is 5.41 Å². The number of aliphatic hydroxyl groups is 1. The molecular weight excluding hydrogens is 370 g/mol. The van der Waals surface area contributed by atoms with Crippen molar-refractivity contribution < 1.29 is 9.90 Å². The minimum atomic E-state index is -0.395. The molecule has 1 amide bonds. The summed E-state index contributed by atoms with van der Waals surface area (Å²) in [6, 6.07) is 5.06. The number of pyridine rings is 2. The monoisotopic (exact) mass is 397 g/mol. The van der Waals surface area contributed by atoms with Crippen LogP contribution in [0.1, 0.15) is 48.5 Å². The minimum Gasteiger partial charge on any atom is -0.395 e. The average molecular weight is 397 g/mol. The number of aryl methyl sites for hydroxylation is 1. The molecule has 0 saturated carbocycles. The van der Waals surface area contributed by atoms with Crippen LogP contribution in [0.25, 0.3) is 16.7 Å². The van der Waals surface area contributed by atoms with Gasteiger partial charge in [-0.25, -0.2) is 4.98 Å². The Morgan fingerprint density at radius 3 is 2.79 bits per heavy atom. The first-order valence-corrected chi connectivity index (χ1v) is 9.98. The second-order valence-electron chi connectivity index (χ2n) is 7.14. The molecule has 29 heavy (non-hydrogen) atoms.